The molecule has 1 amide bonds. The maximum Gasteiger partial charge on any atom is 0.223 e. The van der Waals surface area contributed by atoms with Gasteiger partial charge in [0.05, 0.1) is 0 Å². The van der Waals surface area contributed by atoms with E-state index < -0.39 is 0 Å². The SMILES string of the molecule is CC1CC1C(=O)NC1CCCCCC1. The van der Waals surface area contributed by atoms with E-state index >= 15 is 0 Å². The first-order valence-electron chi connectivity index (χ1n) is 6.08. The summed E-state index contributed by atoms with van der Waals surface area (Å²) in [5, 5.41) is 3.21. The fourth-order valence-electron chi connectivity index (χ4n) is 2.42. The Morgan fingerprint density at radius 3 is 2.21 bits per heavy atom. The van der Waals surface area contributed by atoms with Gasteiger partial charge in [-0.2, -0.15) is 0 Å². The van der Waals surface area contributed by atoms with Crippen molar-refractivity contribution in [2.45, 2.75) is 57.9 Å². The Bertz CT molecular complexity index is 206. The van der Waals surface area contributed by atoms with Crippen molar-refractivity contribution in [3.63, 3.8) is 0 Å². The molecule has 2 aliphatic rings. The van der Waals surface area contributed by atoms with Crippen LogP contribution in [-0.2, 0) is 4.79 Å². The Morgan fingerprint density at radius 1 is 1.14 bits per heavy atom. The van der Waals surface area contributed by atoms with E-state index in [0.29, 0.717) is 23.8 Å². The zero-order valence-corrected chi connectivity index (χ0v) is 9.09. The summed E-state index contributed by atoms with van der Waals surface area (Å²) in [7, 11) is 0. The van der Waals surface area contributed by atoms with Crippen LogP contribution in [0.2, 0.25) is 0 Å². The lowest BCUT2D eigenvalue weighted by molar-refractivity contribution is -0.123. The molecule has 0 aromatic rings. The number of carbonyl (C=O) groups excluding carboxylic acids is 1. The van der Waals surface area contributed by atoms with E-state index in [4.69, 9.17) is 0 Å². The summed E-state index contributed by atoms with van der Waals surface area (Å²) in [4.78, 5) is 11.7. The first-order chi connectivity index (χ1) is 6.77. The second kappa shape index (κ2) is 4.33. The lowest BCUT2D eigenvalue weighted by Crippen LogP contribution is -2.35. The molecule has 0 bridgehead atoms. The minimum Gasteiger partial charge on any atom is -0.353 e. The molecule has 2 nitrogen and oxygen atoms in total. The van der Waals surface area contributed by atoms with Crippen LogP contribution in [-0.4, -0.2) is 11.9 Å². The average molecular weight is 195 g/mol. The van der Waals surface area contributed by atoms with Gasteiger partial charge >= 0.3 is 0 Å². The van der Waals surface area contributed by atoms with Crippen molar-refractivity contribution in [1.82, 2.24) is 5.32 Å². The highest BCUT2D eigenvalue weighted by Gasteiger charge is 2.39. The fraction of sp³-hybridized carbons (Fsp3) is 0.917. The molecular formula is C12H21NO. The van der Waals surface area contributed by atoms with E-state index in [1.165, 1.54) is 38.5 Å². The van der Waals surface area contributed by atoms with Crippen LogP contribution in [0.15, 0.2) is 0 Å². The predicted octanol–water partition coefficient (Wildman–Crippen LogP) is 2.48. The minimum atomic E-state index is 0.324. The van der Waals surface area contributed by atoms with Gasteiger partial charge in [-0.1, -0.05) is 32.6 Å². The molecule has 80 valence electrons. The third-order valence-electron chi connectivity index (χ3n) is 3.65. The third kappa shape index (κ3) is 2.49. The van der Waals surface area contributed by atoms with Gasteiger partial charge in [0.15, 0.2) is 0 Å². The quantitative estimate of drug-likeness (QED) is 0.674. The van der Waals surface area contributed by atoms with Crippen molar-refractivity contribution in [1.29, 1.82) is 0 Å². The van der Waals surface area contributed by atoms with Crippen LogP contribution in [0.4, 0.5) is 0 Å². The summed E-state index contributed by atoms with van der Waals surface area (Å²) in [6.07, 6.45) is 8.81. The van der Waals surface area contributed by atoms with Gasteiger partial charge in [-0.15, -0.1) is 0 Å². The molecule has 2 aliphatic carbocycles. The van der Waals surface area contributed by atoms with Gasteiger partial charge in [-0.3, -0.25) is 4.79 Å². The molecule has 0 heterocycles. The number of rotatable bonds is 2. The zero-order chi connectivity index (χ0) is 9.97. The molecule has 2 heteroatoms. The highest BCUT2D eigenvalue weighted by atomic mass is 16.2. The molecule has 2 fully saturated rings. The molecule has 2 atom stereocenters. The summed E-state index contributed by atoms with van der Waals surface area (Å²) < 4.78 is 0. The zero-order valence-electron chi connectivity index (χ0n) is 9.09. The van der Waals surface area contributed by atoms with Gasteiger partial charge in [-0.25, -0.2) is 0 Å². The Balaban J connectivity index is 1.75. The predicted molar refractivity (Wildman–Crippen MR) is 56.9 cm³/mol. The maximum absolute atomic E-state index is 11.7. The standard InChI is InChI=1S/C12H21NO/c1-9-8-11(9)12(14)13-10-6-4-2-3-5-7-10/h9-11H,2-8H2,1H3,(H,13,14). The highest BCUT2D eigenvalue weighted by molar-refractivity contribution is 5.81. The molecular weight excluding hydrogens is 174 g/mol. The normalized spacial score (nSPS) is 33.5. The Labute approximate surface area is 86.5 Å². The van der Waals surface area contributed by atoms with Crippen molar-refractivity contribution >= 4 is 5.91 Å². The van der Waals surface area contributed by atoms with Gasteiger partial charge in [-0.05, 0) is 25.2 Å². The molecule has 0 radical (unpaired) electrons. The van der Waals surface area contributed by atoms with Crippen molar-refractivity contribution in [2.75, 3.05) is 0 Å². The van der Waals surface area contributed by atoms with E-state index in [9.17, 15) is 4.79 Å². The first kappa shape index (κ1) is 10.0. The third-order valence-corrected chi connectivity index (χ3v) is 3.65. The van der Waals surface area contributed by atoms with Gasteiger partial charge in [0.25, 0.3) is 0 Å². The summed E-state index contributed by atoms with van der Waals surface area (Å²) >= 11 is 0. The molecule has 14 heavy (non-hydrogen) atoms. The molecule has 0 aromatic heterocycles. The van der Waals surface area contributed by atoms with Crippen LogP contribution >= 0.6 is 0 Å². The van der Waals surface area contributed by atoms with Crippen molar-refractivity contribution in [3.05, 3.63) is 0 Å². The van der Waals surface area contributed by atoms with E-state index in [0.717, 1.165) is 6.42 Å². The molecule has 0 aromatic carbocycles. The summed E-state index contributed by atoms with van der Waals surface area (Å²) in [5.74, 6) is 1.31. The Hall–Kier alpha value is -0.530. The van der Waals surface area contributed by atoms with Gasteiger partial charge in [0.1, 0.15) is 0 Å². The van der Waals surface area contributed by atoms with Gasteiger partial charge in [0.2, 0.25) is 5.91 Å². The van der Waals surface area contributed by atoms with Crippen LogP contribution in [0.1, 0.15) is 51.9 Å². The van der Waals surface area contributed by atoms with Crippen LogP contribution in [0.25, 0.3) is 0 Å². The number of nitrogens with one attached hydrogen (secondary N) is 1. The maximum atomic E-state index is 11.7. The molecule has 0 spiro atoms. The van der Waals surface area contributed by atoms with Crippen LogP contribution in [0.3, 0.4) is 0 Å². The topological polar surface area (TPSA) is 29.1 Å². The van der Waals surface area contributed by atoms with E-state index in [-0.39, 0.29) is 0 Å². The lowest BCUT2D eigenvalue weighted by atomic mass is 10.1. The number of hydrogen-bond acceptors (Lipinski definition) is 1. The number of hydrogen-bond donors (Lipinski definition) is 1. The second-order valence-corrected chi connectivity index (χ2v) is 5.02. The summed E-state index contributed by atoms with van der Waals surface area (Å²) in [6.45, 7) is 2.16. The van der Waals surface area contributed by atoms with E-state index in [1.807, 2.05) is 0 Å². The second-order valence-electron chi connectivity index (χ2n) is 5.02. The van der Waals surface area contributed by atoms with Crippen molar-refractivity contribution < 1.29 is 4.79 Å². The molecule has 0 aliphatic heterocycles. The molecule has 2 unspecified atom stereocenters. The van der Waals surface area contributed by atoms with Crippen LogP contribution < -0.4 is 5.32 Å². The lowest BCUT2D eigenvalue weighted by Gasteiger charge is -2.15. The minimum absolute atomic E-state index is 0.324. The number of carbonyl (C=O) groups is 1. The summed E-state index contributed by atoms with van der Waals surface area (Å²) in [5.41, 5.74) is 0. The largest absolute Gasteiger partial charge is 0.353 e. The van der Waals surface area contributed by atoms with E-state index in [2.05, 4.69) is 12.2 Å². The van der Waals surface area contributed by atoms with E-state index in [1.54, 1.807) is 0 Å². The highest BCUT2D eigenvalue weighted by Crippen LogP contribution is 2.37. The summed E-state index contributed by atoms with van der Waals surface area (Å²) in [6, 6.07) is 0.484. The Kier molecular flexibility index (Phi) is 3.09. The molecule has 1 N–H and O–H groups in total. The van der Waals surface area contributed by atoms with Crippen molar-refractivity contribution in [3.8, 4) is 0 Å². The van der Waals surface area contributed by atoms with Gasteiger partial charge in [0, 0.05) is 12.0 Å². The monoisotopic (exact) mass is 195 g/mol. The van der Waals surface area contributed by atoms with Gasteiger partial charge < -0.3 is 5.32 Å². The first-order valence-corrected chi connectivity index (χ1v) is 6.08. The van der Waals surface area contributed by atoms with Crippen LogP contribution in [0.5, 0.6) is 0 Å². The fourth-order valence-corrected chi connectivity index (χ4v) is 2.42. The molecule has 0 saturated heterocycles. The van der Waals surface area contributed by atoms with Crippen molar-refractivity contribution in [2.24, 2.45) is 11.8 Å². The average Bonchev–Trinajstić information content (AvgIpc) is 2.90. The number of amides is 1. The molecule has 2 saturated carbocycles. The van der Waals surface area contributed by atoms with Crippen LogP contribution in [0, 0.1) is 11.8 Å². The smallest absolute Gasteiger partial charge is 0.223 e. The molecule has 2 rings (SSSR count). The Morgan fingerprint density at radius 2 is 1.71 bits per heavy atom.